The van der Waals surface area contributed by atoms with Gasteiger partial charge in [0.05, 0.1) is 10.6 Å². The summed E-state index contributed by atoms with van der Waals surface area (Å²) in [6.45, 7) is 0.996. The fourth-order valence-corrected chi connectivity index (χ4v) is 4.00. The predicted octanol–water partition coefficient (Wildman–Crippen LogP) is 2.75. The lowest BCUT2D eigenvalue weighted by molar-refractivity contribution is 0.0683. The molecule has 0 N–H and O–H groups in total. The molecule has 1 heterocycles. The summed E-state index contributed by atoms with van der Waals surface area (Å²) in [6.07, 6.45) is 7.19. The molecule has 0 radical (unpaired) electrons. The van der Waals surface area contributed by atoms with E-state index in [-0.39, 0.29) is 0 Å². The van der Waals surface area contributed by atoms with E-state index in [0.29, 0.717) is 11.5 Å². The van der Waals surface area contributed by atoms with E-state index in [4.69, 9.17) is 4.98 Å². The molecule has 0 saturated heterocycles. The summed E-state index contributed by atoms with van der Waals surface area (Å²) in [5.74, 6) is 0.542. The van der Waals surface area contributed by atoms with E-state index in [1.165, 1.54) is 32.1 Å². The van der Waals surface area contributed by atoms with E-state index in [1.807, 2.05) is 0 Å². The Bertz CT molecular complexity index is 503. The quantitative estimate of drug-likeness (QED) is 0.756. The van der Waals surface area contributed by atoms with Crippen LogP contribution in [0.2, 0.25) is 0 Å². The molecule has 0 unspecified atom stereocenters. The lowest BCUT2D eigenvalue weighted by Crippen LogP contribution is -2.56. The highest BCUT2D eigenvalue weighted by atomic mass is 32.1. The summed E-state index contributed by atoms with van der Waals surface area (Å²) < 4.78 is 0. The number of carbonyl (C=O) groups excluding carboxylic acids is 1. The zero-order valence-corrected chi connectivity index (χ0v) is 13.4. The number of nitrogens with zero attached hydrogens (tertiary/aromatic N) is 3. The standard InChI is InChI=1S/C15H23N3OS/c1-17(2)15(7-4-8-15)10-18(3)14-16-13(11-5-6-11)12(9-19)20-14/h9,11H,4-8,10H2,1-3H3. The smallest absolute Gasteiger partial charge is 0.186 e. The maximum Gasteiger partial charge on any atom is 0.186 e. The number of hydrogen-bond acceptors (Lipinski definition) is 5. The van der Waals surface area contributed by atoms with Crippen LogP contribution in [0, 0.1) is 0 Å². The fourth-order valence-electron chi connectivity index (χ4n) is 3.07. The molecule has 3 rings (SSSR count). The number of rotatable bonds is 6. The number of aldehydes is 1. The van der Waals surface area contributed by atoms with Gasteiger partial charge in [0.15, 0.2) is 11.4 Å². The Morgan fingerprint density at radius 1 is 1.35 bits per heavy atom. The first-order valence-corrected chi connectivity index (χ1v) is 8.22. The van der Waals surface area contributed by atoms with Gasteiger partial charge in [0.25, 0.3) is 0 Å². The van der Waals surface area contributed by atoms with E-state index in [0.717, 1.165) is 28.5 Å². The van der Waals surface area contributed by atoms with Crippen LogP contribution >= 0.6 is 11.3 Å². The first-order valence-electron chi connectivity index (χ1n) is 7.40. The zero-order chi connectivity index (χ0) is 14.3. The molecule has 0 atom stereocenters. The molecule has 20 heavy (non-hydrogen) atoms. The Labute approximate surface area is 124 Å². The highest BCUT2D eigenvalue weighted by Gasteiger charge is 2.40. The molecule has 2 aliphatic rings. The molecule has 2 fully saturated rings. The molecule has 0 aliphatic heterocycles. The maximum absolute atomic E-state index is 11.2. The minimum atomic E-state index is 0.293. The largest absolute Gasteiger partial charge is 0.349 e. The van der Waals surface area contributed by atoms with Crippen LogP contribution in [-0.2, 0) is 0 Å². The lowest BCUT2D eigenvalue weighted by Gasteiger charge is -2.49. The Morgan fingerprint density at radius 3 is 2.50 bits per heavy atom. The summed E-state index contributed by atoms with van der Waals surface area (Å²) in [5.41, 5.74) is 1.33. The van der Waals surface area contributed by atoms with Crippen LogP contribution < -0.4 is 4.90 Å². The second-order valence-electron chi connectivity index (χ2n) is 6.47. The molecule has 0 bridgehead atoms. The summed E-state index contributed by atoms with van der Waals surface area (Å²) in [5, 5.41) is 1.00. The number of likely N-dealkylation sites (N-methyl/N-ethyl adjacent to an activating group) is 2. The van der Waals surface area contributed by atoms with Crippen LogP contribution in [0.25, 0.3) is 0 Å². The molecule has 0 spiro atoms. The Kier molecular flexibility index (Phi) is 3.58. The van der Waals surface area contributed by atoms with Gasteiger partial charge in [-0.05, 0) is 46.2 Å². The third kappa shape index (κ3) is 2.37. The van der Waals surface area contributed by atoms with Crippen molar-refractivity contribution in [3.05, 3.63) is 10.6 Å². The summed E-state index contributed by atoms with van der Waals surface area (Å²) in [7, 11) is 6.44. The Morgan fingerprint density at radius 2 is 2.05 bits per heavy atom. The zero-order valence-electron chi connectivity index (χ0n) is 12.6. The molecule has 4 nitrogen and oxygen atoms in total. The normalized spacial score (nSPS) is 20.8. The third-order valence-electron chi connectivity index (χ3n) is 4.83. The lowest BCUT2D eigenvalue weighted by atomic mass is 9.75. The molecule has 110 valence electrons. The van der Waals surface area contributed by atoms with E-state index in [2.05, 4.69) is 30.9 Å². The molecule has 0 amide bonds. The van der Waals surface area contributed by atoms with Gasteiger partial charge in [-0.1, -0.05) is 11.3 Å². The van der Waals surface area contributed by atoms with Gasteiger partial charge in [-0.25, -0.2) is 4.98 Å². The van der Waals surface area contributed by atoms with E-state index < -0.39 is 0 Å². The van der Waals surface area contributed by atoms with Gasteiger partial charge >= 0.3 is 0 Å². The van der Waals surface area contributed by atoms with E-state index in [1.54, 1.807) is 11.3 Å². The van der Waals surface area contributed by atoms with Crippen molar-refractivity contribution in [3.63, 3.8) is 0 Å². The van der Waals surface area contributed by atoms with Gasteiger partial charge in [-0.3, -0.25) is 4.79 Å². The minimum absolute atomic E-state index is 0.293. The third-order valence-corrected chi connectivity index (χ3v) is 5.94. The molecular weight excluding hydrogens is 270 g/mol. The van der Waals surface area contributed by atoms with Gasteiger partial charge in [-0.2, -0.15) is 0 Å². The van der Waals surface area contributed by atoms with E-state index >= 15 is 0 Å². The van der Waals surface area contributed by atoms with Gasteiger partial charge in [-0.15, -0.1) is 0 Å². The van der Waals surface area contributed by atoms with E-state index in [9.17, 15) is 4.79 Å². The molecule has 2 saturated carbocycles. The van der Waals surface area contributed by atoms with Crippen molar-refractivity contribution in [2.75, 3.05) is 32.6 Å². The number of aromatic nitrogens is 1. The van der Waals surface area contributed by atoms with Gasteiger partial charge < -0.3 is 9.80 Å². The highest BCUT2D eigenvalue weighted by Crippen LogP contribution is 2.44. The highest BCUT2D eigenvalue weighted by molar-refractivity contribution is 7.17. The molecule has 5 heteroatoms. The maximum atomic E-state index is 11.2. The summed E-state index contributed by atoms with van der Waals surface area (Å²) in [4.78, 5) is 21.4. The topological polar surface area (TPSA) is 36.4 Å². The number of anilines is 1. The Hall–Kier alpha value is -0.940. The SMILES string of the molecule is CN(CC1(N(C)C)CCC1)c1nc(C2CC2)c(C=O)s1. The van der Waals surface area contributed by atoms with Crippen molar-refractivity contribution in [1.29, 1.82) is 0 Å². The van der Waals surface area contributed by atoms with Crippen molar-refractivity contribution < 1.29 is 4.79 Å². The minimum Gasteiger partial charge on any atom is -0.349 e. The fraction of sp³-hybridized carbons (Fsp3) is 0.733. The van der Waals surface area contributed by atoms with Crippen LogP contribution in [-0.4, -0.2) is 49.4 Å². The summed E-state index contributed by atoms with van der Waals surface area (Å²) in [6, 6.07) is 0. The van der Waals surface area contributed by atoms with Crippen LogP contribution in [0.5, 0.6) is 0 Å². The van der Waals surface area contributed by atoms with Crippen molar-refractivity contribution in [3.8, 4) is 0 Å². The monoisotopic (exact) mass is 293 g/mol. The number of thiazole rings is 1. The summed E-state index contributed by atoms with van der Waals surface area (Å²) >= 11 is 1.55. The van der Waals surface area contributed by atoms with Crippen LogP contribution in [0.1, 0.15) is 53.4 Å². The van der Waals surface area contributed by atoms with Crippen LogP contribution in [0.4, 0.5) is 5.13 Å². The average molecular weight is 293 g/mol. The number of hydrogen-bond donors (Lipinski definition) is 0. The first kappa shape index (κ1) is 14.0. The van der Waals surface area contributed by atoms with Gasteiger partial charge in [0.1, 0.15) is 0 Å². The molecular formula is C15H23N3OS. The molecule has 1 aromatic rings. The predicted molar refractivity (Wildman–Crippen MR) is 83.0 cm³/mol. The second-order valence-corrected chi connectivity index (χ2v) is 7.48. The van der Waals surface area contributed by atoms with Crippen LogP contribution in [0.15, 0.2) is 0 Å². The molecule has 2 aliphatic carbocycles. The molecule has 0 aromatic carbocycles. The van der Waals surface area contributed by atoms with Gasteiger partial charge in [0.2, 0.25) is 0 Å². The van der Waals surface area contributed by atoms with Crippen molar-refractivity contribution in [1.82, 2.24) is 9.88 Å². The van der Waals surface area contributed by atoms with Crippen molar-refractivity contribution >= 4 is 22.8 Å². The number of carbonyl (C=O) groups is 1. The van der Waals surface area contributed by atoms with Gasteiger partial charge in [0, 0.05) is 25.0 Å². The Balaban J connectivity index is 1.76. The van der Waals surface area contributed by atoms with Crippen LogP contribution in [0.3, 0.4) is 0 Å². The van der Waals surface area contributed by atoms with Crippen molar-refractivity contribution in [2.45, 2.75) is 43.6 Å². The average Bonchev–Trinajstić information content (AvgIpc) is 3.12. The van der Waals surface area contributed by atoms with Crippen molar-refractivity contribution in [2.24, 2.45) is 0 Å². The second kappa shape index (κ2) is 5.11. The molecule has 1 aromatic heterocycles. The first-order chi connectivity index (χ1) is 9.55.